The molecule has 0 radical (unpaired) electrons. The van der Waals surface area contributed by atoms with E-state index in [1.54, 1.807) is 18.2 Å². The predicted octanol–water partition coefficient (Wildman–Crippen LogP) is 3.63. The van der Waals surface area contributed by atoms with Gasteiger partial charge < -0.3 is 15.0 Å². The van der Waals surface area contributed by atoms with Gasteiger partial charge in [0.2, 0.25) is 0 Å². The lowest BCUT2D eigenvalue weighted by Crippen LogP contribution is -2.37. The molecule has 4 rings (SSSR count). The predicted molar refractivity (Wildman–Crippen MR) is 102 cm³/mol. The van der Waals surface area contributed by atoms with Gasteiger partial charge in [-0.15, -0.1) is 0 Å². The summed E-state index contributed by atoms with van der Waals surface area (Å²) < 4.78 is 6.49. The summed E-state index contributed by atoms with van der Waals surface area (Å²) in [4.78, 5) is 26.4. The van der Waals surface area contributed by atoms with E-state index in [2.05, 4.69) is 33.4 Å². The highest BCUT2D eigenvalue weighted by Gasteiger charge is 2.30. The molecule has 0 spiro atoms. The van der Waals surface area contributed by atoms with Crippen molar-refractivity contribution < 1.29 is 14.3 Å². The van der Waals surface area contributed by atoms with Crippen LogP contribution in [0.4, 0.5) is 5.69 Å². The van der Waals surface area contributed by atoms with Crippen LogP contribution in [0, 0.1) is 0 Å². The Bertz CT molecular complexity index is 851. The van der Waals surface area contributed by atoms with Gasteiger partial charge in [0.15, 0.2) is 6.61 Å². The fourth-order valence-corrected chi connectivity index (χ4v) is 3.85. The molecule has 0 aliphatic carbocycles. The first-order chi connectivity index (χ1) is 12.6. The van der Waals surface area contributed by atoms with Crippen LogP contribution >= 0.6 is 15.9 Å². The highest BCUT2D eigenvalue weighted by molar-refractivity contribution is 9.10. The zero-order chi connectivity index (χ0) is 18.1. The number of benzene rings is 2. The number of carbonyl (C=O) groups is 2. The number of hydrogen-bond donors (Lipinski definition) is 1. The van der Waals surface area contributed by atoms with Crippen LogP contribution in [0.25, 0.3) is 0 Å². The number of amides is 2. The molecule has 1 atom stereocenters. The lowest BCUT2D eigenvalue weighted by atomic mass is 10.0. The van der Waals surface area contributed by atoms with Crippen LogP contribution < -0.4 is 10.1 Å². The molecule has 0 saturated carbocycles. The quantitative estimate of drug-likeness (QED) is 0.833. The maximum absolute atomic E-state index is 13.0. The number of likely N-dealkylation sites (tertiary alicyclic amines) is 1. The van der Waals surface area contributed by atoms with Crippen LogP contribution in [0.1, 0.15) is 28.8 Å². The average Bonchev–Trinajstić information content (AvgIpc) is 3.10. The Morgan fingerprint density at radius 1 is 1.23 bits per heavy atom. The van der Waals surface area contributed by atoms with Gasteiger partial charge in [0.1, 0.15) is 5.75 Å². The molecule has 1 N–H and O–H groups in total. The molecule has 6 heteroatoms. The SMILES string of the molecule is O=C1COc2cc(C(=O)N3CCC[C@@H]3Cc3ccc(Br)cc3)ccc2N1. The van der Waals surface area contributed by atoms with Gasteiger partial charge in [0.25, 0.3) is 11.8 Å². The first kappa shape index (κ1) is 17.1. The van der Waals surface area contributed by atoms with Crippen molar-refractivity contribution in [2.45, 2.75) is 25.3 Å². The molecule has 2 aromatic carbocycles. The second-order valence-corrected chi connectivity index (χ2v) is 7.59. The second kappa shape index (κ2) is 7.11. The zero-order valence-electron chi connectivity index (χ0n) is 14.2. The molecule has 0 aromatic heterocycles. The molecule has 2 aromatic rings. The van der Waals surface area contributed by atoms with E-state index >= 15 is 0 Å². The summed E-state index contributed by atoms with van der Waals surface area (Å²) in [5.74, 6) is 0.401. The number of carbonyl (C=O) groups excluding carboxylic acids is 2. The first-order valence-corrected chi connectivity index (χ1v) is 9.51. The van der Waals surface area contributed by atoms with Crippen molar-refractivity contribution >= 4 is 33.4 Å². The summed E-state index contributed by atoms with van der Waals surface area (Å²) in [6.45, 7) is 0.759. The minimum Gasteiger partial charge on any atom is -0.482 e. The van der Waals surface area contributed by atoms with Gasteiger partial charge >= 0.3 is 0 Å². The van der Waals surface area contributed by atoms with Crippen molar-refractivity contribution in [3.05, 3.63) is 58.1 Å². The summed E-state index contributed by atoms with van der Waals surface area (Å²) in [5.41, 5.74) is 2.45. The molecule has 2 amide bonds. The lowest BCUT2D eigenvalue weighted by Gasteiger charge is -2.26. The third kappa shape index (κ3) is 3.46. The largest absolute Gasteiger partial charge is 0.482 e. The Balaban J connectivity index is 1.51. The van der Waals surface area contributed by atoms with Crippen LogP contribution in [0.15, 0.2) is 46.9 Å². The minimum atomic E-state index is -0.175. The maximum atomic E-state index is 13.0. The van der Waals surface area contributed by atoms with Crippen LogP contribution in [-0.2, 0) is 11.2 Å². The number of nitrogens with one attached hydrogen (secondary N) is 1. The molecule has 0 unspecified atom stereocenters. The van der Waals surface area contributed by atoms with E-state index in [0.717, 1.165) is 30.3 Å². The maximum Gasteiger partial charge on any atom is 0.262 e. The van der Waals surface area contributed by atoms with Crippen LogP contribution in [-0.4, -0.2) is 35.9 Å². The summed E-state index contributed by atoms with van der Waals surface area (Å²) in [6, 6.07) is 13.7. The van der Waals surface area contributed by atoms with Crippen LogP contribution in [0.5, 0.6) is 5.75 Å². The average molecular weight is 415 g/mol. The molecule has 5 nitrogen and oxygen atoms in total. The summed E-state index contributed by atoms with van der Waals surface area (Å²) >= 11 is 3.46. The fraction of sp³-hybridized carbons (Fsp3) is 0.300. The van der Waals surface area contributed by atoms with Crippen molar-refractivity contribution in [2.75, 3.05) is 18.5 Å². The molecule has 0 bridgehead atoms. The van der Waals surface area contributed by atoms with Crippen LogP contribution in [0.3, 0.4) is 0 Å². The molecule has 2 heterocycles. The molecular weight excluding hydrogens is 396 g/mol. The normalized spacial score (nSPS) is 18.9. The Kier molecular flexibility index (Phi) is 4.68. The Hall–Kier alpha value is -2.34. The molecule has 134 valence electrons. The summed E-state index contributed by atoms with van der Waals surface area (Å²) in [7, 11) is 0. The Morgan fingerprint density at radius 3 is 2.85 bits per heavy atom. The fourth-order valence-electron chi connectivity index (χ4n) is 3.58. The topological polar surface area (TPSA) is 58.6 Å². The van der Waals surface area contributed by atoms with Crippen molar-refractivity contribution in [1.29, 1.82) is 0 Å². The molecule has 26 heavy (non-hydrogen) atoms. The van der Waals surface area contributed by atoms with E-state index < -0.39 is 0 Å². The number of rotatable bonds is 3. The van der Waals surface area contributed by atoms with Gasteiger partial charge in [-0.1, -0.05) is 28.1 Å². The third-order valence-corrected chi connectivity index (χ3v) is 5.41. The monoisotopic (exact) mass is 414 g/mol. The highest BCUT2D eigenvalue weighted by atomic mass is 79.9. The van der Waals surface area contributed by atoms with E-state index in [1.807, 2.05) is 17.0 Å². The van der Waals surface area contributed by atoms with E-state index in [4.69, 9.17) is 4.74 Å². The van der Waals surface area contributed by atoms with Gasteiger partial charge in [0, 0.05) is 22.6 Å². The molecule has 2 aliphatic heterocycles. The first-order valence-electron chi connectivity index (χ1n) is 8.72. The van der Waals surface area contributed by atoms with Crippen molar-refractivity contribution in [1.82, 2.24) is 4.90 Å². The molecule has 2 aliphatic rings. The van der Waals surface area contributed by atoms with E-state index in [0.29, 0.717) is 17.0 Å². The number of fused-ring (bicyclic) bond motifs is 1. The summed E-state index contributed by atoms with van der Waals surface area (Å²) in [5, 5.41) is 2.75. The third-order valence-electron chi connectivity index (χ3n) is 4.88. The zero-order valence-corrected chi connectivity index (χ0v) is 15.8. The van der Waals surface area contributed by atoms with Gasteiger partial charge in [-0.05, 0) is 55.2 Å². The van der Waals surface area contributed by atoms with Crippen molar-refractivity contribution in [2.24, 2.45) is 0 Å². The summed E-state index contributed by atoms with van der Waals surface area (Å²) in [6.07, 6.45) is 2.89. The van der Waals surface area contributed by atoms with Gasteiger partial charge in [-0.3, -0.25) is 9.59 Å². The minimum absolute atomic E-state index is 0.0133. The highest BCUT2D eigenvalue weighted by Crippen LogP contribution is 2.30. The number of halogens is 1. The van der Waals surface area contributed by atoms with Crippen LogP contribution in [0.2, 0.25) is 0 Å². The van der Waals surface area contributed by atoms with Crippen molar-refractivity contribution in [3.63, 3.8) is 0 Å². The molecular formula is C20H19BrN2O3. The van der Waals surface area contributed by atoms with Crippen molar-refractivity contribution in [3.8, 4) is 5.75 Å². The van der Waals surface area contributed by atoms with Gasteiger partial charge in [-0.2, -0.15) is 0 Å². The number of ether oxygens (including phenoxy) is 1. The molecule has 1 fully saturated rings. The Labute approximate surface area is 160 Å². The van der Waals surface area contributed by atoms with E-state index in [1.165, 1.54) is 5.56 Å². The van der Waals surface area contributed by atoms with E-state index in [-0.39, 0.29) is 24.5 Å². The molecule has 1 saturated heterocycles. The van der Waals surface area contributed by atoms with Gasteiger partial charge in [0.05, 0.1) is 5.69 Å². The standard InChI is InChI=1S/C20H19BrN2O3/c21-15-6-3-13(4-7-15)10-16-2-1-9-23(16)20(25)14-5-8-17-18(11-14)26-12-19(24)22-17/h3-8,11,16H,1-2,9-10,12H2,(H,22,24)/t16-/m1/s1. The smallest absolute Gasteiger partial charge is 0.262 e. The van der Waals surface area contributed by atoms with Gasteiger partial charge in [-0.25, -0.2) is 0 Å². The number of hydrogen-bond acceptors (Lipinski definition) is 3. The number of anilines is 1. The second-order valence-electron chi connectivity index (χ2n) is 6.67. The lowest BCUT2D eigenvalue weighted by molar-refractivity contribution is -0.118. The van der Waals surface area contributed by atoms with E-state index in [9.17, 15) is 9.59 Å². The number of nitrogens with zero attached hydrogens (tertiary/aromatic N) is 1. The Morgan fingerprint density at radius 2 is 2.04 bits per heavy atom.